The Bertz CT molecular complexity index is 947. The zero-order chi connectivity index (χ0) is 16.6. The number of methoxy groups -OCH3 is 1. The van der Waals surface area contributed by atoms with E-state index in [0.717, 1.165) is 27.9 Å². The number of carbonyl (C=O) groups is 1. The van der Waals surface area contributed by atoms with Crippen molar-refractivity contribution in [2.45, 2.75) is 6.92 Å². The highest BCUT2D eigenvalue weighted by atomic mass is 16.5. The van der Waals surface area contributed by atoms with Crippen LogP contribution in [0, 0.1) is 18.3 Å². The van der Waals surface area contributed by atoms with E-state index < -0.39 is 5.97 Å². The molecule has 1 N–H and O–H groups in total. The summed E-state index contributed by atoms with van der Waals surface area (Å²) in [5.74, 6) is -0.236. The maximum absolute atomic E-state index is 11.0. The lowest BCUT2D eigenvalue weighted by molar-refractivity contribution is 0.0697. The number of aromatic carboxylic acids is 1. The van der Waals surface area contributed by atoms with E-state index in [1.165, 1.54) is 0 Å². The van der Waals surface area contributed by atoms with Crippen LogP contribution in [0.25, 0.3) is 16.6 Å². The quantitative estimate of drug-likeness (QED) is 0.803. The monoisotopic (exact) mass is 306 g/mol. The lowest BCUT2D eigenvalue weighted by Crippen LogP contribution is -1.97. The summed E-state index contributed by atoms with van der Waals surface area (Å²) in [6.45, 7) is 1.92. The number of rotatable bonds is 3. The SMILES string of the molecule is COc1ccc2c(c(C#N)cn2-c2ccc(C(=O)O)cc2)c1C. The Morgan fingerprint density at radius 1 is 1.22 bits per heavy atom. The molecule has 5 nitrogen and oxygen atoms in total. The van der Waals surface area contributed by atoms with Crippen LogP contribution in [0.2, 0.25) is 0 Å². The number of benzene rings is 2. The Hall–Kier alpha value is -3.26. The highest BCUT2D eigenvalue weighted by Crippen LogP contribution is 2.32. The number of carboxylic acids is 1. The number of nitrogens with zero attached hydrogens (tertiary/aromatic N) is 2. The molecular formula is C18H14N2O3. The van der Waals surface area contributed by atoms with Gasteiger partial charge in [-0.3, -0.25) is 0 Å². The van der Waals surface area contributed by atoms with Gasteiger partial charge in [0.05, 0.1) is 23.8 Å². The zero-order valence-corrected chi connectivity index (χ0v) is 12.7. The van der Waals surface area contributed by atoms with Gasteiger partial charge in [-0.1, -0.05) is 0 Å². The average molecular weight is 306 g/mol. The molecule has 5 heteroatoms. The molecule has 0 saturated carbocycles. The first-order chi connectivity index (χ1) is 11.1. The predicted octanol–water partition coefficient (Wildman–Crippen LogP) is 3.52. The van der Waals surface area contributed by atoms with Crippen molar-refractivity contribution in [3.63, 3.8) is 0 Å². The van der Waals surface area contributed by atoms with Gasteiger partial charge in [0, 0.05) is 22.8 Å². The highest BCUT2D eigenvalue weighted by Gasteiger charge is 2.15. The molecule has 0 fully saturated rings. The maximum Gasteiger partial charge on any atom is 0.335 e. The van der Waals surface area contributed by atoms with Gasteiger partial charge < -0.3 is 14.4 Å². The van der Waals surface area contributed by atoms with Crippen LogP contribution < -0.4 is 4.74 Å². The minimum absolute atomic E-state index is 0.226. The van der Waals surface area contributed by atoms with Gasteiger partial charge in [0.15, 0.2) is 0 Å². The van der Waals surface area contributed by atoms with Gasteiger partial charge >= 0.3 is 5.97 Å². The molecule has 2 aromatic carbocycles. The molecule has 1 heterocycles. The molecule has 3 rings (SSSR count). The van der Waals surface area contributed by atoms with Crippen LogP contribution in [0.1, 0.15) is 21.5 Å². The Morgan fingerprint density at radius 2 is 1.91 bits per heavy atom. The van der Waals surface area contributed by atoms with Gasteiger partial charge in [-0.25, -0.2) is 4.79 Å². The Balaban J connectivity index is 2.25. The van der Waals surface area contributed by atoms with E-state index in [1.807, 2.05) is 23.6 Å². The third kappa shape index (κ3) is 2.30. The van der Waals surface area contributed by atoms with Crippen molar-refractivity contribution < 1.29 is 14.6 Å². The van der Waals surface area contributed by atoms with E-state index in [9.17, 15) is 10.1 Å². The molecule has 0 amide bonds. The molecule has 0 unspecified atom stereocenters. The van der Waals surface area contributed by atoms with E-state index in [1.54, 1.807) is 37.6 Å². The third-order valence-corrected chi connectivity index (χ3v) is 3.91. The first-order valence-corrected chi connectivity index (χ1v) is 6.99. The molecule has 0 spiro atoms. The molecule has 3 aromatic rings. The average Bonchev–Trinajstić information content (AvgIpc) is 2.95. The topological polar surface area (TPSA) is 75.2 Å². The lowest BCUT2D eigenvalue weighted by Gasteiger charge is -2.09. The summed E-state index contributed by atoms with van der Waals surface area (Å²) in [4.78, 5) is 11.0. The highest BCUT2D eigenvalue weighted by molar-refractivity contribution is 5.93. The van der Waals surface area contributed by atoms with Gasteiger partial charge in [-0.15, -0.1) is 0 Å². The second-order valence-electron chi connectivity index (χ2n) is 5.16. The molecular weight excluding hydrogens is 292 g/mol. The number of aryl methyl sites for hydroxylation is 1. The van der Waals surface area contributed by atoms with Crippen molar-refractivity contribution in [2.75, 3.05) is 7.11 Å². The largest absolute Gasteiger partial charge is 0.496 e. The van der Waals surface area contributed by atoms with E-state index >= 15 is 0 Å². The summed E-state index contributed by atoms with van der Waals surface area (Å²) in [6, 6.07) is 12.5. The Kier molecular flexibility index (Phi) is 3.51. The maximum atomic E-state index is 11.0. The summed E-state index contributed by atoms with van der Waals surface area (Å²) < 4.78 is 7.21. The van der Waals surface area contributed by atoms with Crippen molar-refractivity contribution in [3.8, 4) is 17.5 Å². The molecule has 0 aliphatic carbocycles. The molecule has 0 atom stereocenters. The van der Waals surface area contributed by atoms with Crippen LogP contribution in [0.4, 0.5) is 0 Å². The van der Waals surface area contributed by atoms with Crippen molar-refractivity contribution in [2.24, 2.45) is 0 Å². The fraction of sp³-hybridized carbons (Fsp3) is 0.111. The number of hydrogen-bond donors (Lipinski definition) is 1. The van der Waals surface area contributed by atoms with E-state index in [0.29, 0.717) is 5.56 Å². The van der Waals surface area contributed by atoms with Gasteiger partial charge in [0.25, 0.3) is 0 Å². The third-order valence-electron chi connectivity index (χ3n) is 3.91. The summed E-state index contributed by atoms with van der Waals surface area (Å²) in [7, 11) is 1.60. The molecule has 114 valence electrons. The molecule has 0 saturated heterocycles. The number of carboxylic acid groups (broad SMARTS) is 1. The lowest BCUT2D eigenvalue weighted by atomic mass is 10.1. The molecule has 0 radical (unpaired) electrons. The van der Waals surface area contributed by atoms with Gasteiger partial charge in [0.1, 0.15) is 11.8 Å². The van der Waals surface area contributed by atoms with Crippen LogP contribution in [0.5, 0.6) is 5.75 Å². The predicted molar refractivity (Wildman–Crippen MR) is 86.2 cm³/mol. The molecule has 0 bridgehead atoms. The second kappa shape index (κ2) is 5.50. The van der Waals surface area contributed by atoms with Crippen LogP contribution in [-0.2, 0) is 0 Å². The van der Waals surface area contributed by atoms with Crippen molar-refractivity contribution >= 4 is 16.9 Å². The first kappa shape index (κ1) is 14.7. The molecule has 0 aliphatic heterocycles. The second-order valence-corrected chi connectivity index (χ2v) is 5.16. The summed E-state index contributed by atoms with van der Waals surface area (Å²) in [6.07, 6.45) is 1.76. The normalized spacial score (nSPS) is 10.5. The van der Waals surface area contributed by atoms with Crippen LogP contribution in [-0.4, -0.2) is 22.8 Å². The van der Waals surface area contributed by atoms with Crippen LogP contribution in [0.3, 0.4) is 0 Å². The minimum atomic E-state index is -0.966. The van der Waals surface area contributed by atoms with Gasteiger partial charge in [0.2, 0.25) is 0 Å². The fourth-order valence-corrected chi connectivity index (χ4v) is 2.77. The van der Waals surface area contributed by atoms with E-state index in [4.69, 9.17) is 9.84 Å². The minimum Gasteiger partial charge on any atom is -0.496 e. The standard InChI is InChI=1S/C18H14N2O3/c1-11-16(23-2)8-7-15-17(11)13(9-19)10-20(15)14-5-3-12(4-6-14)18(21)22/h3-8,10H,1-2H3,(H,21,22). The smallest absolute Gasteiger partial charge is 0.335 e. The van der Waals surface area contributed by atoms with Crippen LogP contribution in [0.15, 0.2) is 42.6 Å². The summed E-state index contributed by atoms with van der Waals surface area (Å²) in [5, 5.41) is 19.3. The van der Waals surface area contributed by atoms with Gasteiger partial charge in [-0.2, -0.15) is 5.26 Å². The molecule has 1 aromatic heterocycles. The number of fused-ring (bicyclic) bond motifs is 1. The molecule has 23 heavy (non-hydrogen) atoms. The zero-order valence-electron chi connectivity index (χ0n) is 12.7. The van der Waals surface area contributed by atoms with Gasteiger partial charge in [-0.05, 0) is 43.3 Å². The number of hydrogen-bond acceptors (Lipinski definition) is 3. The number of nitriles is 1. The number of aromatic nitrogens is 1. The van der Waals surface area contributed by atoms with Crippen molar-refractivity contribution in [1.82, 2.24) is 4.57 Å². The van der Waals surface area contributed by atoms with Crippen molar-refractivity contribution in [3.05, 3.63) is 59.3 Å². The summed E-state index contributed by atoms with van der Waals surface area (Å²) in [5.41, 5.74) is 3.36. The fourth-order valence-electron chi connectivity index (χ4n) is 2.77. The number of ether oxygens (including phenoxy) is 1. The Labute approximate surface area is 133 Å². The van der Waals surface area contributed by atoms with E-state index in [-0.39, 0.29) is 5.56 Å². The Morgan fingerprint density at radius 3 is 2.48 bits per heavy atom. The van der Waals surface area contributed by atoms with E-state index in [2.05, 4.69) is 6.07 Å². The first-order valence-electron chi connectivity index (χ1n) is 6.99. The summed E-state index contributed by atoms with van der Waals surface area (Å²) >= 11 is 0. The van der Waals surface area contributed by atoms with Crippen molar-refractivity contribution in [1.29, 1.82) is 5.26 Å². The molecule has 0 aliphatic rings. The van der Waals surface area contributed by atoms with Crippen LogP contribution >= 0.6 is 0 Å².